The van der Waals surface area contributed by atoms with Gasteiger partial charge in [0.1, 0.15) is 0 Å². The van der Waals surface area contributed by atoms with E-state index < -0.39 is 11.2 Å². The summed E-state index contributed by atoms with van der Waals surface area (Å²) in [4.78, 5) is 23.7. The van der Waals surface area contributed by atoms with Crippen molar-refractivity contribution >= 4 is 5.82 Å². The van der Waals surface area contributed by atoms with Crippen LogP contribution in [0.25, 0.3) is 0 Å². The fraction of sp³-hybridized carbons (Fsp3) is 0.375. The van der Waals surface area contributed by atoms with Gasteiger partial charge in [-0.3, -0.25) is 9.78 Å². The summed E-state index contributed by atoms with van der Waals surface area (Å²) in [5, 5.41) is 8.40. The number of H-pyrrole nitrogens is 2. The molecule has 0 aromatic carbocycles. The molecule has 0 aliphatic heterocycles. The largest absolute Gasteiger partial charge is 0.363 e. The first-order valence-corrected chi connectivity index (χ1v) is 4.06. The van der Waals surface area contributed by atoms with Crippen LogP contribution in [-0.4, -0.2) is 21.7 Å². The summed E-state index contributed by atoms with van der Waals surface area (Å²) in [5.74, 6) is 5.65. The Balaban J connectivity index is 2.62. The second-order valence-corrected chi connectivity index (χ2v) is 2.46. The molecule has 1 heterocycles. The topological polar surface area (TPSA) is 90.6 Å². The van der Waals surface area contributed by atoms with Gasteiger partial charge in [0.15, 0.2) is 0 Å². The van der Waals surface area contributed by atoms with Gasteiger partial charge in [-0.1, -0.05) is 0 Å². The normalized spacial score (nSPS) is 8.93. The molecule has 0 amide bonds. The zero-order chi connectivity index (χ0) is 10.4. The Morgan fingerprint density at radius 1 is 1.50 bits per heavy atom. The van der Waals surface area contributed by atoms with E-state index >= 15 is 0 Å². The molecule has 0 aliphatic rings. The van der Waals surface area contributed by atoms with Gasteiger partial charge in [-0.05, 0) is 6.92 Å². The number of hydrogen-bond acceptors (Lipinski definition) is 4. The molecule has 6 heteroatoms. The van der Waals surface area contributed by atoms with E-state index in [-0.39, 0.29) is 5.82 Å². The Bertz CT molecular complexity index is 462. The van der Waals surface area contributed by atoms with Gasteiger partial charge in [-0.15, -0.1) is 16.9 Å². The van der Waals surface area contributed by atoms with E-state index in [2.05, 4.69) is 32.3 Å². The SMILES string of the molecule is CC#CCCNc1n[nH]c(=O)[nH]c1=O. The number of aromatic nitrogens is 3. The lowest BCUT2D eigenvalue weighted by atomic mass is 10.4. The average Bonchev–Trinajstić information content (AvgIpc) is 2.15. The molecule has 0 spiro atoms. The number of anilines is 1. The third kappa shape index (κ3) is 2.79. The predicted octanol–water partition coefficient (Wildman–Crippen LogP) is -0.717. The number of rotatable bonds is 3. The van der Waals surface area contributed by atoms with Crippen LogP contribution in [0.4, 0.5) is 5.82 Å². The van der Waals surface area contributed by atoms with Crippen molar-refractivity contribution in [3.05, 3.63) is 20.8 Å². The third-order valence-corrected chi connectivity index (χ3v) is 1.43. The summed E-state index contributed by atoms with van der Waals surface area (Å²) in [7, 11) is 0. The molecule has 0 fully saturated rings. The zero-order valence-electron chi connectivity index (χ0n) is 7.68. The first-order valence-electron chi connectivity index (χ1n) is 4.06. The zero-order valence-corrected chi connectivity index (χ0v) is 7.68. The highest BCUT2D eigenvalue weighted by atomic mass is 16.2. The molecule has 1 aromatic rings. The maximum atomic E-state index is 11.1. The second-order valence-electron chi connectivity index (χ2n) is 2.46. The molecule has 1 rings (SSSR count). The van der Waals surface area contributed by atoms with Crippen molar-refractivity contribution in [1.82, 2.24) is 15.2 Å². The highest BCUT2D eigenvalue weighted by Gasteiger charge is 1.98. The van der Waals surface area contributed by atoms with E-state index in [4.69, 9.17) is 0 Å². The van der Waals surface area contributed by atoms with E-state index in [1.807, 2.05) is 0 Å². The molecule has 0 bridgehead atoms. The quantitative estimate of drug-likeness (QED) is 0.437. The van der Waals surface area contributed by atoms with Crippen LogP contribution in [0, 0.1) is 11.8 Å². The molecule has 0 aliphatic carbocycles. The van der Waals surface area contributed by atoms with Gasteiger partial charge in [-0.2, -0.15) is 0 Å². The van der Waals surface area contributed by atoms with Crippen LogP contribution >= 0.6 is 0 Å². The van der Waals surface area contributed by atoms with Crippen LogP contribution in [0.5, 0.6) is 0 Å². The standard InChI is InChI=1S/C8H10N4O2/c1-2-3-4-5-9-6-7(13)10-8(14)12-11-6/h4-5H2,1H3,(H,9,11)(H2,10,12,13,14). The summed E-state index contributed by atoms with van der Waals surface area (Å²) in [6.45, 7) is 2.26. The molecular weight excluding hydrogens is 184 g/mol. The van der Waals surface area contributed by atoms with Crippen molar-refractivity contribution in [1.29, 1.82) is 0 Å². The summed E-state index contributed by atoms with van der Waals surface area (Å²) < 4.78 is 0. The van der Waals surface area contributed by atoms with Crippen LogP contribution < -0.4 is 16.6 Å². The first kappa shape index (κ1) is 10.1. The van der Waals surface area contributed by atoms with Crippen molar-refractivity contribution in [2.45, 2.75) is 13.3 Å². The Labute approximate surface area is 79.8 Å². The van der Waals surface area contributed by atoms with Gasteiger partial charge in [0, 0.05) is 13.0 Å². The van der Waals surface area contributed by atoms with Crippen molar-refractivity contribution in [3.8, 4) is 11.8 Å². The van der Waals surface area contributed by atoms with Crippen LogP contribution in [0.3, 0.4) is 0 Å². The molecule has 74 valence electrons. The molecule has 6 nitrogen and oxygen atoms in total. The van der Waals surface area contributed by atoms with Gasteiger partial charge >= 0.3 is 5.69 Å². The summed E-state index contributed by atoms with van der Waals surface area (Å²) in [5.41, 5.74) is -1.15. The molecule has 0 radical (unpaired) electrons. The van der Waals surface area contributed by atoms with Gasteiger partial charge in [0.05, 0.1) is 0 Å². The lowest BCUT2D eigenvalue weighted by molar-refractivity contribution is 0.882. The van der Waals surface area contributed by atoms with E-state index in [1.54, 1.807) is 6.92 Å². The van der Waals surface area contributed by atoms with E-state index in [9.17, 15) is 9.59 Å². The Morgan fingerprint density at radius 2 is 2.29 bits per heavy atom. The highest BCUT2D eigenvalue weighted by molar-refractivity contribution is 5.28. The molecule has 0 saturated carbocycles. The third-order valence-electron chi connectivity index (χ3n) is 1.43. The van der Waals surface area contributed by atoms with Crippen LogP contribution in [0.2, 0.25) is 0 Å². The van der Waals surface area contributed by atoms with Crippen LogP contribution in [-0.2, 0) is 0 Å². The van der Waals surface area contributed by atoms with Crippen molar-refractivity contribution in [2.24, 2.45) is 0 Å². The summed E-state index contributed by atoms with van der Waals surface area (Å²) in [6, 6.07) is 0. The van der Waals surface area contributed by atoms with Crippen molar-refractivity contribution < 1.29 is 0 Å². The number of aromatic amines is 2. The van der Waals surface area contributed by atoms with Crippen LogP contribution in [0.15, 0.2) is 9.59 Å². The molecular formula is C8H10N4O2. The summed E-state index contributed by atoms with van der Waals surface area (Å²) >= 11 is 0. The minimum Gasteiger partial charge on any atom is -0.363 e. The Hall–Kier alpha value is -2.03. The Kier molecular flexibility index (Phi) is 3.49. The second kappa shape index (κ2) is 4.87. The number of hydrogen-bond donors (Lipinski definition) is 3. The summed E-state index contributed by atoms with van der Waals surface area (Å²) in [6.07, 6.45) is 0.622. The van der Waals surface area contributed by atoms with Gasteiger partial charge in [0.2, 0.25) is 5.82 Å². The van der Waals surface area contributed by atoms with Gasteiger partial charge in [-0.25, -0.2) is 9.89 Å². The van der Waals surface area contributed by atoms with Gasteiger partial charge < -0.3 is 5.32 Å². The van der Waals surface area contributed by atoms with E-state index in [1.165, 1.54) is 0 Å². The van der Waals surface area contributed by atoms with E-state index in [0.29, 0.717) is 13.0 Å². The maximum Gasteiger partial charge on any atom is 0.342 e. The number of nitrogens with zero attached hydrogens (tertiary/aromatic N) is 1. The molecule has 3 N–H and O–H groups in total. The minimum absolute atomic E-state index is 0.0995. The average molecular weight is 194 g/mol. The lowest BCUT2D eigenvalue weighted by Gasteiger charge is -1.99. The molecule has 0 unspecified atom stereocenters. The fourth-order valence-corrected chi connectivity index (χ4v) is 0.836. The number of nitrogens with one attached hydrogen (secondary N) is 3. The molecule has 14 heavy (non-hydrogen) atoms. The monoisotopic (exact) mass is 194 g/mol. The van der Waals surface area contributed by atoms with Gasteiger partial charge in [0.25, 0.3) is 5.56 Å². The smallest absolute Gasteiger partial charge is 0.342 e. The van der Waals surface area contributed by atoms with Crippen LogP contribution in [0.1, 0.15) is 13.3 Å². The molecule has 1 aromatic heterocycles. The molecule has 0 atom stereocenters. The Morgan fingerprint density at radius 3 is 2.93 bits per heavy atom. The predicted molar refractivity (Wildman–Crippen MR) is 52.0 cm³/mol. The molecule has 0 saturated heterocycles. The maximum absolute atomic E-state index is 11.1. The van der Waals surface area contributed by atoms with Crippen molar-refractivity contribution in [2.75, 3.05) is 11.9 Å². The van der Waals surface area contributed by atoms with E-state index in [0.717, 1.165) is 0 Å². The first-order chi connectivity index (χ1) is 6.74. The van der Waals surface area contributed by atoms with Crippen molar-refractivity contribution in [3.63, 3.8) is 0 Å². The highest BCUT2D eigenvalue weighted by Crippen LogP contribution is 1.86. The lowest BCUT2D eigenvalue weighted by Crippen LogP contribution is -2.27. The minimum atomic E-state index is -0.617. The fourth-order valence-electron chi connectivity index (χ4n) is 0.836.